The molecule has 0 unspecified atom stereocenters. The van der Waals surface area contributed by atoms with Crippen molar-refractivity contribution < 1.29 is 26.6 Å². The zero-order chi connectivity index (χ0) is 19.7. The molecule has 138 valence electrons. The van der Waals surface area contributed by atoms with Gasteiger partial charge in [-0.15, -0.1) is 0 Å². The Bertz CT molecular complexity index is 1090. The molecule has 0 bridgehead atoms. The van der Waals surface area contributed by atoms with Gasteiger partial charge >= 0.3 is 0 Å². The molecule has 2 aromatic carbocycles. The van der Waals surface area contributed by atoms with Crippen LogP contribution in [0.15, 0.2) is 57.2 Å². The normalized spacial score (nSPS) is 11.8. The minimum atomic E-state index is -4.55. The molecule has 2 rings (SSSR count). The molecular weight excluding hydrogens is 386 g/mol. The van der Waals surface area contributed by atoms with Gasteiger partial charge in [0.1, 0.15) is 4.90 Å². The standard InChI is InChI=1S/C14H13N3O7S2/c1-9(18)16-10-2-5-12(6-3-10)25(21,22)13-7-4-11(17(19)20)8-14(13)26(15,23)24/h2-8H,1H3,(H,16,18)(H2,15,23,24). The molecular formula is C14H13N3O7S2. The fourth-order valence-corrected chi connectivity index (χ4v) is 4.73. The summed E-state index contributed by atoms with van der Waals surface area (Å²) in [5.74, 6) is -0.354. The average Bonchev–Trinajstić information content (AvgIpc) is 2.53. The highest BCUT2D eigenvalue weighted by Crippen LogP contribution is 2.30. The number of benzene rings is 2. The highest BCUT2D eigenvalue weighted by atomic mass is 32.2. The average molecular weight is 399 g/mol. The Hall–Kier alpha value is -2.83. The van der Waals surface area contributed by atoms with Gasteiger partial charge in [0, 0.05) is 24.7 Å². The molecule has 10 nitrogen and oxygen atoms in total. The number of nitro groups is 1. The number of nitro benzene ring substituents is 1. The number of hydrogen-bond acceptors (Lipinski definition) is 7. The van der Waals surface area contributed by atoms with Crippen LogP contribution in [0, 0.1) is 10.1 Å². The van der Waals surface area contributed by atoms with Crippen LogP contribution in [0.5, 0.6) is 0 Å². The van der Waals surface area contributed by atoms with E-state index in [1.165, 1.54) is 19.1 Å². The third-order valence-corrected chi connectivity index (χ3v) is 6.13. The number of nitrogens with one attached hydrogen (secondary N) is 1. The summed E-state index contributed by atoms with van der Waals surface area (Å²) in [6, 6.07) is 7.23. The molecule has 0 atom stereocenters. The van der Waals surface area contributed by atoms with Crippen molar-refractivity contribution in [3.63, 3.8) is 0 Å². The molecule has 3 N–H and O–H groups in total. The summed E-state index contributed by atoms with van der Waals surface area (Å²) in [4.78, 5) is 19.1. The molecule has 0 aromatic heterocycles. The van der Waals surface area contributed by atoms with Crippen LogP contribution in [0.1, 0.15) is 6.92 Å². The van der Waals surface area contributed by atoms with Crippen molar-refractivity contribution >= 4 is 37.1 Å². The van der Waals surface area contributed by atoms with Crippen LogP contribution in [0.4, 0.5) is 11.4 Å². The second-order valence-electron chi connectivity index (χ2n) is 5.14. The lowest BCUT2D eigenvalue weighted by molar-refractivity contribution is -0.385. The molecule has 0 aliphatic rings. The smallest absolute Gasteiger partial charge is 0.270 e. The highest BCUT2D eigenvalue weighted by Gasteiger charge is 2.28. The summed E-state index contributed by atoms with van der Waals surface area (Å²) in [6.07, 6.45) is 0. The zero-order valence-corrected chi connectivity index (χ0v) is 14.9. The molecule has 1 amide bonds. The minimum absolute atomic E-state index is 0.273. The Balaban J connectivity index is 2.62. The first-order valence-corrected chi connectivity index (χ1v) is 9.90. The van der Waals surface area contributed by atoms with E-state index in [9.17, 15) is 31.7 Å². The van der Waals surface area contributed by atoms with E-state index in [0.29, 0.717) is 11.8 Å². The summed E-state index contributed by atoms with van der Waals surface area (Å²) in [5, 5.41) is 18.3. The van der Waals surface area contributed by atoms with E-state index in [4.69, 9.17) is 5.14 Å². The van der Waals surface area contributed by atoms with E-state index in [1.54, 1.807) is 0 Å². The Kier molecular flexibility index (Phi) is 5.11. The van der Waals surface area contributed by atoms with Crippen LogP contribution in [-0.4, -0.2) is 27.7 Å². The summed E-state index contributed by atoms with van der Waals surface area (Å²) in [5.41, 5.74) is -0.277. The third kappa shape index (κ3) is 4.04. The van der Waals surface area contributed by atoms with E-state index in [-0.39, 0.29) is 10.8 Å². The zero-order valence-electron chi connectivity index (χ0n) is 13.2. The quantitative estimate of drug-likeness (QED) is 0.559. The number of non-ortho nitro benzene ring substituents is 1. The lowest BCUT2D eigenvalue weighted by Crippen LogP contribution is -2.17. The van der Waals surface area contributed by atoms with Crippen LogP contribution in [-0.2, 0) is 24.7 Å². The van der Waals surface area contributed by atoms with E-state index in [1.807, 2.05) is 0 Å². The number of anilines is 1. The van der Waals surface area contributed by atoms with Gasteiger partial charge in [-0.2, -0.15) is 0 Å². The number of amides is 1. The van der Waals surface area contributed by atoms with Gasteiger partial charge in [-0.25, -0.2) is 22.0 Å². The molecule has 26 heavy (non-hydrogen) atoms. The van der Waals surface area contributed by atoms with Gasteiger partial charge in [-0.05, 0) is 30.3 Å². The molecule has 0 radical (unpaired) electrons. The number of nitrogens with zero attached hydrogens (tertiary/aromatic N) is 1. The number of nitrogens with two attached hydrogens (primary N) is 1. The largest absolute Gasteiger partial charge is 0.326 e. The van der Waals surface area contributed by atoms with Gasteiger partial charge in [-0.3, -0.25) is 14.9 Å². The monoisotopic (exact) mass is 399 g/mol. The number of sulfone groups is 1. The molecule has 0 saturated carbocycles. The number of primary sulfonamides is 1. The molecule has 0 fully saturated rings. The number of carbonyl (C=O) groups is 1. The fourth-order valence-electron chi connectivity index (χ4n) is 2.10. The maximum absolute atomic E-state index is 12.7. The van der Waals surface area contributed by atoms with Crippen molar-refractivity contribution in [2.24, 2.45) is 5.14 Å². The van der Waals surface area contributed by atoms with Gasteiger partial charge in [0.15, 0.2) is 0 Å². The Morgan fingerprint density at radius 3 is 2.08 bits per heavy atom. The third-order valence-electron chi connectivity index (χ3n) is 3.22. The van der Waals surface area contributed by atoms with Crippen LogP contribution in [0.3, 0.4) is 0 Å². The van der Waals surface area contributed by atoms with E-state index in [0.717, 1.165) is 24.3 Å². The first kappa shape index (κ1) is 19.5. The summed E-state index contributed by atoms with van der Waals surface area (Å²) in [6.45, 7) is 1.28. The maximum Gasteiger partial charge on any atom is 0.270 e. The molecule has 12 heteroatoms. The number of sulfonamides is 1. The van der Waals surface area contributed by atoms with Crippen molar-refractivity contribution in [3.05, 3.63) is 52.6 Å². The fraction of sp³-hybridized carbons (Fsp3) is 0.0714. The maximum atomic E-state index is 12.7. The van der Waals surface area contributed by atoms with E-state index < -0.39 is 40.3 Å². The molecule has 0 aliphatic heterocycles. The predicted molar refractivity (Wildman–Crippen MR) is 90.7 cm³/mol. The van der Waals surface area contributed by atoms with Crippen LogP contribution < -0.4 is 10.5 Å². The van der Waals surface area contributed by atoms with Gasteiger partial charge in [0.25, 0.3) is 5.69 Å². The number of rotatable bonds is 5. The molecule has 0 aliphatic carbocycles. The Morgan fingerprint density at radius 2 is 1.62 bits per heavy atom. The Morgan fingerprint density at radius 1 is 1.04 bits per heavy atom. The second kappa shape index (κ2) is 6.82. The van der Waals surface area contributed by atoms with Gasteiger partial charge < -0.3 is 5.32 Å². The first-order chi connectivity index (χ1) is 11.9. The SMILES string of the molecule is CC(=O)Nc1ccc(S(=O)(=O)c2ccc([N+](=O)[O-])cc2S(N)(=O)=O)cc1. The van der Waals surface area contributed by atoms with Crippen molar-refractivity contribution in [3.8, 4) is 0 Å². The molecule has 0 saturated heterocycles. The topological polar surface area (TPSA) is 167 Å². The van der Waals surface area contributed by atoms with Crippen LogP contribution in [0.25, 0.3) is 0 Å². The first-order valence-electron chi connectivity index (χ1n) is 6.87. The van der Waals surface area contributed by atoms with Crippen molar-refractivity contribution in [1.29, 1.82) is 0 Å². The van der Waals surface area contributed by atoms with Crippen LogP contribution in [0.2, 0.25) is 0 Å². The van der Waals surface area contributed by atoms with Gasteiger partial charge in [-0.1, -0.05) is 0 Å². The molecule has 2 aromatic rings. The van der Waals surface area contributed by atoms with Crippen molar-refractivity contribution in [2.45, 2.75) is 21.6 Å². The number of carbonyl (C=O) groups excluding carboxylic acids is 1. The predicted octanol–water partition coefficient (Wildman–Crippen LogP) is 1.03. The van der Waals surface area contributed by atoms with E-state index >= 15 is 0 Å². The lowest BCUT2D eigenvalue weighted by atomic mass is 10.3. The second-order valence-corrected chi connectivity index (χ2v) is 8.59. The van der Waals surface area contributed by atoms with Crippen molar-refractivity contribution in [2.75, 3.05) is 5.32 Å². The van der Waals surface area contributed by atoms with Crippen LogP contribution >= 0.6 is 0 Å². The van der Waals surface area contributed by atoms with E-state index in [2.05, 4.69) is 5.32 Å². The van der Waals surface area contributed by atoms with Gasteiger partial charge in [0.05, 0.1) is 14.7 Å². The minimum Gasteiger partial charge on any atom is -0.326 e. The lowest BCUT2D eigenvalue weighted by Gasteiger charge is -2.10. The number of hydrogen-bond donors (Lipinski definition) is 2. The highest BCUT2D eigenvalue weighted by molar-refractivity contribution is 7.93. The molecule has 0 heterocycles. The summed E-state index contributed by atoms with van der Waals surface area (Å²) in [7, 11) is -8.88. The summed E-state index contributed by atoms with van der Waals surface area (Å²) < 4.78 is 48.9. The van der Waals surface area contributed by atoms with Gasteiger partial charge in [0.2, 0.25) is 25.8 Å². The van der Waals surface area contributed by atoms with Crippen molar-refractivity contribution in [1.82, 2.24) is 0 Å². The summed E-state index contributed by atoms with van der Waals surface area (Å²) >= 11 is 0. The molecule has 0 spiro atoms. The Labute approximate surface area is 148 Å².